The molecule has 2 heterocycles. The Morgan fingerprint density at radius 2 is 2.20 bits per heavy atom. The molecule has 2 aromatic heterocycles. The second-order valence-corrected chi connectivity index (χ2v) is 3.22. The first-order valence-electron chi connectivity index (χ1n) is 4.14. The lowest BCUT2D eigenvalue weighted by atomic mass is 10.2. The van der Waals surface area contributed by atoms with Crippen molar-refractivity contribution in [2.45, 2.75) is 0 Å². The number of ether oxygens (including phenoxy) is 1. The van der Waals surface area contributed by atoms with Gasteiger partial charge in [-0.2, -0.15) is 5.26 Å². The lowest BCUT2D eigenvalue weighted by Crippen LogP contribution is -1.90. The van der Waals surface area contributed by atoms with Gasteiger partial charge in [-0.1, -0.05) is 11.6 Å². The van der Waals surface area contributed by atoms with Crippen molar-refractivity contribution in [3.8, 4) is 11.9 Å². The number of methoxy groups -OCH3 is 1. The van der Waals surface area contributed by atoms with E-state index in [9.17, 15) is 0 Å². The van der Waals surface area contributed by atoms with Crippen molar-refractivity contribution >= 4 is 22.5 Å². The van der Waals surface area contributed by atoms with Gasteiger partial charge in [0, 0.05) is 17.6 Å². The minimum absolute atomic E-state index is 0.345. The van der Waals surface area contributed by atoms with Gasteiger partial charge in [-0.15, -0.1) is 0 Å². The van der Waals surface area contributed by atoms with Gasteiger partial charge in [0.15, 0.2) is 0 Å². The Hall–Kier alpha value is -1.86. The first kappa shape index (κ1) is 9.69. The minimum atomic E-state index is 0.345. The number of aromatic nitrogens is 2. The highest BCUT2D eigenvalue weighted by molar-refractivity contribution is 6.36. The van der Waals surface area contributed by atoms with Crippen LogP contribution in [0.1, 0.15) is 5.56 Å². The van der Waals surface area contributed by atoms with Crippen molar-refractivity contribution in [2.75, 3.05) is 7.11 Å². The van der Waals surface area contributed by atoms with E-state index in [1.54, 1.807) is 12.3 Å². The van der Waals surface area contributed by atoms with E-state index in [0.717, 1.165) is 0 Å². The highest BCUT2D eigenvalue weighted by atomic mass is 35.5. The van der Waals surface area contributed by atoms with E-state index < -0.39 is 0 Å². The SMILES string of the molecule is COc1cc2c(Cl)c(C#N)cnc2cn1. The third-order valence-corrected chi connectivity index (χ3v) is 2.40. The number of nitrogens with zero attached hydrogens (tertiary/aromatic N) is 3. The highest BCUT2D eigenvalue weighted by Gasteiger charge is 2.07. The summed E-state index contributed by atoms with van der Waals surface area (Å²) < 4.78 is 4.97. The normalized spacial score (nSPS) is 9.93. The average Bonchev–Trinajstić information content (AvgIpc) is 2.29. The van der Waals surface area contributed by atoms with E-state index in [-0.39, 0.29) is 0 Å². The zero-order valence-corrected chi connectivity index (χ0v) is 8.62. The van der Waals surface area contributed by atoms with Crippen LogP contribution in [-0.4, -0.2) is 17.1 Å². The zero-order chi connectivity index (χ0) is 10.8. The lowest BCUT2D eigenvalue weighted by molar-refractivity contribution is 0.398. The monoisotopic (exact) mass is 219 g/mol. The Bertz CT molecular complexity index is 562. The summed E-state index contributed by atoms with van der Waals surface area (Å²) in [5.41, 5.74) is 0.984. The smallest absolute Gasteiger partial charge is 0.213 e. The van der Waals surface area contributed by atoms with Crippen LogP contribution < -0.4 is 4.74 Å². The fraction of sp³-hybridized carbons (Fsp3) is 0.100. The van der Waals surface area contributed by atoms with Crippen LogP contribution in [0.4, 0.5) is 0 Å². The molecular formula is C10H6ClN3O. The Labute approximate surface area is 91.1 Å². The van der Waals surface area contributed by atoms with Crippen LogP contribution in [0.25, 0.3) is 10.9 Å². The molecule has 0 N–H and O–H groups in total. The summed E-state index contributed by atoms with van der Waals surface area (Å²) in [6, 6.07) is 3.63. The topological polar surface area (TPSA) is 58.8 Å². The van der Waals surface area contributed by atoms with Crippen molar-refractivity contribution in [1.82, 2.24) is 9.97 Å². The summed E-state index contributed by atoms with van der Waals surface area (Å²) in [5.74, 6) is 0.446. The molecule has 74 valence electrons. The first-order chi connectivity index (χ1) is 7.26. The molecule has 0 aliphatic carbocycles. The number of rotatable bonds is 1. The summed E-state index contributed by atoms with van der Waals surface area (Å²) in [5, 5.41) is 9.83. The maximum Gasteiger partial charge on any atom is 0.213 e. The molecule has 0 aliphatic heterocycles. The first-order valence-corrected chi connectivity index (χ1v) is 4.52. The van der Waals surface area contributed by atoms with Crippen molar-refractivity contribution in [2.24, 2.45) is 0 Å². The van der Waals surface area contributed by atoms with Crippen molar-refractivity contribution in [1.29, 1.82) is 5.26 Å². The van der Waals surface area contributed by atoms with E-state index in [1.807, 2.05) is 6.07 Å². The standard InChI is InChI=1S/C10H6ClN3O/c1-15-9-2-7-8(5-14-9)13-4-6(3-12)10(7)11/h2,4-5H,1H3. The molecule has 15 heavy (non-hydrogen) atoms. The molecule has 0 aromatic carbocycles. The van der Waals surface area contributed by atoms with Crippen LogP contribution in [0.15, 0.2) is 18.5 Å². The van der Waals surface area contributed by atoms with Crippen LogP contribution in [0.5, 0.6) is 5.88 Å². The molecule has 2 aromatic rings. The minimum Gasteiger partial charge on any atom is -0.481 e. The van der Waals surface area contributed by atoms with Crippen LogP contribution in [0.3, 0.4) is 0 Å². The van der Waals surface area contributed by atoms with Crippen LogP contribution in [0, 0.1) is 11.3 Å². The van der Waals surface area contributed by atoms with Gasteiger partial charge in [-0.25, -0.2) is 4.98 Å². The van der Waals surface area contributed by atoms with Crippen LogP contribution >= 0.6 is 11.6 Å². The number of fused-ring (bicyclic) bond motifs is 1. The molecule has 0 saturated heterocycles. The molecule has 0 saturated carbocycles. The van der Waals surface area contributed by atoms with Crippen molar-refractivity contribution < 1.29 is 4.74 Å². The second-order valence-electron chi connectivity index (χ2n) is 2.84. The fourth-order valence-corrected chi connectivity index (χ4v) is 1.48. The van der Waals surface area contributed by atoms with E-state index in [0.29, 0.717) is 27.4 Å². The largest absolute Gasteiger partial charge is 0.481 e. The third-order valence-electron chi connectivity index (χ3n) is 1.99. The number of nitriles is 1. The van der Waals surface area contributed by atoms with Gasteiger partial charge < -0.3 is 4.74 Å². The highest BCUT2D eigenvalue weighted by Crippen LogP contribution is 2.26. The molecule has 0 bridgehead atoms. The molecule has 0 fully saturated rings. The Balaban J connectivity index is 2.79. The van der Waals surface area contributed by atoms with Gasteiger partial charge in [-0.3, -0.25) is 4.98 Å². The van der Waals surface area contributed by atoms with Gasteiger partial charge >= 0.3 is 0 Å². The molecule has 0 unspecified atom stereocenters. The van der Waals surface area contributed by atoms with E-state index in [2.05, 4.69) is 9.97 Å². The quantitative estimate of drug-likeness (QED) is 0.738. The molecular weight excluding hydrogens is 214 g/mol. The molecule has 2 rings (SSSR count). The summed E-state index contributed by atoms with van der Waals surface area (Å²) >= 11 is 6.02. The van der Waals surface area contributed by atoms with Gasteiger partial charge in [0.2, 0.25) is 5.88 Å². The third kappa shape index (κ3) is 1.58. The molecule has 0 spiro atoms. The summed E-state index contributed by atoms with van der Waals surface area (Å²) in [7, 11) is 1.52. The van der Waals surface area contributed by atoms with Gasteiger partial charge in [0.25, 0.3) is 0 Å². The number of pyridine rings is 2. The second kappa shape index (κ2) is 3.71. The van der Waals surface area contributed by atoms with E-state index in [4.69, 9.17) is 21.6 Å². The number of hydrogen-bond donors (Lipinski definition) is 0. The Morgan fingerprint density at radius 3 is 2.87 bits per heavy atom. The van der Waals surface area contributed by atoms with E-state index in [1.165, 1.54) is 13.3 Å². The predicted molar refractivity (Wildman–Crippen MR) is 55.8 cm³/mol. The maximum absolute atomic E-state index is 8.78. The van der Waals surface area contributed by atoms with Gasteiger partial charge in [0.05, 0.1) is 29.4 Å². The lowest BCUT2D eigenvalue weighted by Gasteiger charge is -2.03. The van der Waals surface area contributed by atoms with Gasteiger partial charge in [-0.05, 0) is 0 Å². The average molecular weight is 220 g/mol. The van der Waals surface area contributed by atoms with Gasteiger partial charge in [0.1, 0.15) is 6.07 Å². The Morgan fingerprint density at radius 1 is 1.40 bits per heavy atom. The molecule has 5 heteroatoms. The number of hydrogen-bond acceptors (Lipinski definition) is 4. The molecule has 0 amide bonds. The predicted octanol–water partition coefficient (Wildman–Crippen LogP) is 2.16. The Kier molecular flexibility index (Phi) is 2.40. The maximum atomic E-state index is 8.78. The van der Waals surface area contributed by atoms with Crippen LogP contribution in [0.2, 0.25) is 5.02 Å². The van der Waals surface area contributed by atoms with Crippen molar-refractivity contribution in [3.63, 3.8) is 0 Å². The molecule has 4 nitrogen and oxygen atoms in total. The molecule has 0 aliphatic rings. The van der Waals surface area contributed by atoms with E-state index >= 15 is 0 Å². The number of halogens is 1. The van der Waals surface area contributed by atoms with Crippen molar-refractivity contribution in [3.05, 3.63) is 29.0 Å². The zero-order valence-electron chi connectivity index (χ0n) is 7.86. The summed E-state index contributed by atoms with van der Waals surface area (Å²) in [6.45, 7) is 0. The van der Waals surface area contributed by atoms with Crippen LogP contribution in [-0.2, 0) is 0 Å². The molecule has 0 atom stereocenters. The fourth-order valence-electron chi connectivity index (χ4n) is 1.23. The summed E-state index contributed by atoms with van der Waals surface area (Å²) in [4.78, 5) is 8.06. The molecule has 0 radical (unpaired) electrons. The summed E-state index contributed by atoms with van der Waals surface area (Å²) in [6.07, 6.45) is 2.99.